The van der Waals surface area contributed by atoms with Gasteiger partial charge in [0.1, 0.15) is 6.07 Å². The monoisotopic (exact) mass is 322 g/mol. The largest absolute Gasteiger partial charge is 0.395 e. The number of hydrogen-bond donors (Lipinski definition) is 2. The number of hydrogen-bond acceptors (Lipinski definition) is 5. The minimum atomic E-state index is -0.158. The van der Waals surface area contributed by atoms with Crippen LogP contribution in [0.3, 0.4) is 0 Å². The maximum absolute atomic E-state index is 12.1. The van der Waals surface area contributed by atoms with Gasteiger partial charge in [-0.25, -0.2) is 0 Å². The highest BCUT2D eigenvalue weighted by atomic mass is 35.5. The summed E-state index contributed by atoms with van der Waals surface area (Å²) < 4.78 is 0. The Hall–Kier alpha value is -1.65. The lowest BCUT2D eigenvalue weighted by molar-refractivity contribution is -0.117. The lowest BCUT2D eigenvalue weighted by Crippen LogP contribution is -2.49. The number of aliphatic hydroxyl groups excluding tert-OH is 1. The quantitative estimate of drug-likeness (QED) is 0.836. The van der Waals surface area contributed by atoms with Gasteiger partial charge in [0.15, 0.2) is 0 Å². The maximum Gasteiger partial charge on any atom is 0.238 e. The molecule has 0 aromatic heterocycles. The van der Waals surface area contributed by atoms with E-state index in [2.05, 4.69) is 15.1 Å². The number of carbonyl (C=O) groups excluding carboxylic acids is 1. The van der Waals surface area contributed by atoms with Crippen molar-refractivity contribution in [1.82, 2.24) is 9.80 Å². The number of benzene rings is 1. The molecule has 1 aliphatic rings. The Morgan fingerprint density at radius 2 is 2.00 bits per heavy atom. The molecule has 2 rings (SSSR count). The fourth-order valence-corrected chi connectivity index (χ4v) is 2.59. The summed E-state index contributed by atoms with van der Waals surface area (Å²) in [6, 6.07) is 6.82. The number of halogens is 1. The molecule has 0 bridgehead atoms. The molecule has 7 heteroatoms. The van der Waals surface area contributed by atoms with E-state index < -0.39 is 0 Å². The van der Waals surface area contributed by atoms with E-state index in [0.717, 1.165) is 26.2 Å². The first-order valence-electron chi connectivity index (χ1n) is 7.17. The van der Waals surface area contributed by atoms with Crippen molar-refractivity contribution < 1.29 is 9.90 Å². The first-order chi connectivity index (χ1) is 10.6. The average Bonchev–Trinajstić information content (AvgIpc) is 2.50. The molecule has 0 spiro atoms. The number of aliphatic hydroxyl groups is 1. The molecule has 2 N–H and O–H groups in total. The molecule has 1 aromatic rings. The summed E-state index contributed by atoms with van der Waals surface area (Å²) in [7, 11) is 0. The van der Waals surface area contributed by atoms with Crippen molar-refractivity contribution in [2.45, 2.75) is 0 Å². The summed E-state index contributed by atoms with van der Waals surface area (Å²) in [5.74, 6) is -0.158. The normalized spacial score (nSPS) is 16.2. The van der Waals surface area contributed by atoms with Crippen molar-refractivity contribution >= 4 is 23.2 Å². The van der Waals surface area contributed by atoms with Crippen LogP contribution < -0.4 is 5.32 Å². The van der Waals surface area contributed by atoms with Crippen LogP contribution in [-0.4, -0.2) is 66.7 Å². The number of nitrogens with zero attached hydrogens (tertiary/aromatic N) is 3. The Bertz CT molecular complexity index is 565. The second kappa shape index (κ2) is 8.11. The molecular weight excluding hydrogens is 304 g/mol. The number of piperazine rings is 1. The van der Waals surface area contributed by atoms with Crippen molar-refractivity contribution in [3.05, 3.63) is 28.8 Å². The van der Waals surface area contributed by atoms with Crippen molar-refractivity contribution in [3.63, 3.8) is 0 Å². The molecule has 1 amide bonds. The molecule has 22 heavy (non-hydrogen) atoms. The minimum Gasteiger partial charge on any atom is -0.395 e. The molecule has 1 aromatic carbocycles. The van der Waals surface area contributed by atoms with E-state index in [4.69, 9.17) is 22.0 Å². The van der Waals surface area contributed by atoms with Gasteiger partial charge in [0.05, 0.1) is 24.4 Å². The minimum absolute atomic E-state index is 0.158. The summed E-state index contributed by atoms with van der Waals surface area (Å²) in [5, 5.41) is 21.2. The van der Waals surface area contributed by atoms with E-state index in [9.17, 15) is 4.79 Å². The van der Waals surface area contributed by atoms with Crippen LogP contribution in [0.1, 0.15) is 5.56 Å². The molecule has 0 unspecified atom stereocenters. The molecule has 118 valence electrons. The zero-order valence-corrected chi connectivity index (χ0v) is 13.0. The van der Waals surface area contributed by atoms with Crippen molar-refractivity contribution in [2.24, 2.45) is 0 Å². The molecular formula is C15H19ClN4O2. The van der Waals surface area contributed by atoms with Gasteiger partial charge in [0.25, 0.3) is 0 Å². The molecule has 1 fully saturated rings. The number of anilines is 1. The lowest BCUT2D eigenvalue weighted by Gasteiger charge is -2.33. The van der Waals surface area contributed by atoms with E-state index in [1.807, 2.05) is 6.07 Å². The van der Waals surface area contributed by atoms with Crippen LogP contribution in [0.4, 0.5) is 5.69 Å². The fraction of sp³-hybridized carbons (Fsp3) is 0.467. The van der Waals surface area contributed by atoms with Gasteiger partial charge in [0.2, 0.25) is 5.91 Å². The van der Waals surface area contributed by atoms with Gasteiger partial charge in [-0.3, -0.25) is 14.6 Å². The number of β-amino-alcohol motifs (C(OH)–C–C–N with tert-alkyl or cyclic N) is 1. The van der Waals surface area contributed by atoms with E-state index in [0.29, 0.717) is 22.8 Å². The molecule has 1 aliphatic heterocycles. The topological polar surface area (TPSA) is 79.6 Å². The van der Waals surface area contributed by atoms with E-state index in [-0.39, 0.29) is 19.1 Å². The molecule has 6 nitrogen and oxygen atoms in total. The third-order valence-electron chi connectivity index (χ3n) is 3.62. The second-order valence-corrected chi connectivity index (χ2v) is 5.63. The lowest BCUT2D eigenvalue weighted by atomic mass is 10.2. The third-order valence-corrected chi connectivity index (χ3v) is 3.86. The summed E-state index contributed by atoms with van der Waals surface area (Å²) in [6.07, 6.45) is 0. The van der Waals surface area contributed by atoms with Gasteiger partial charge in [-0.15, -0.1) is 0 Å². The molecule has 1 heterocycles. The molecule has 0 aliphatic carbocycles. The van der Waals surface area contributed by atoms with Gasteiger partial charge < -0.3 is 10.4 Å². The van der Waals surface area contributed by atoms with Crippen molar-refractivity contribution in [3.8, 4) is 6.07 Å². The SMILES string of the molecule is N#Cc1ccc(Cl)cc1NC(=O)CN1CCN(CCO)CC1. The summed E-state index contributed by atoms with van der Waals surface area (Å²) in [5.41, 5.74) is 0.837. The fourth-order valence-electron chi connectivity index (χ4n) is 2.42. The highest BCUT2D eigenvalue weighted by molar-refractivity contribution is 6.31. The first-order valence-corrected chi connectivity index (χ1v) is 7.55. The highest BCUT2D eigenvalue weighted by Crippen LogP contribution is 2.20. The standard InChI is InChI=1S/C15H19ClN4O2/c16-13-2-1-12(10-17)14(9-13)18-15(22)11-20-5-3-19(4-6-20)7-8-21/h1-2,9,21H,3-8,11H2,(H,18,22). The van der Waals surface area contributed by atoms with Crippen molar-refractivity contribution in [1.29, 1.82) is 5.26 Å². The third kappa shape index (κ3) is 4.68. The van der Waals surface area contributed by atoms with Crippen LogP contribution in [0, 0.1) is 11.3 Å². The zero-order valence-electron chi connectivity index (χ0n) is 12.3. The Balaban J connectivity index is 1.87. The van der Waals surface area contributed by atoms with Crippen LogP contribution in [-0.2, 0) is 4.79 Å². The van der Waals surface area contributed by atoms with Crippen molar-refractivity contribution in [2.75, 3.05) is 51.2 Å². The Morgan fingerprint density at radius 1 is 1.32 bits per heavy atom. The Morgan fingerprint density at radius 3 is 2.64 bits per heavy atom. The van der Waals surface area contributed by atoms with Gasteiger partial charge >= 0.3 is 0 Å². The van der Waals surface area contributed by atoms with Crippen LogP contribution in [0.25, 0.3) is 0 Å². The van der Waals surface area contributed by atoms with E-state index in [1.165, 1.54) is 0 Å². The Labute approximate surface area is 134 Å². The first kappa shape index (κ1) is 16.7. The number of nitriles is 1. The second-order valence-electron chi connectivity index (χ2n) is 5.19. The smallest absolute Gasteiger partial charge is 0.238 e. The summed E-state index contributed by atoms with van der Waals surface area (Å²) in [4.78, 5) is 16.3. The van der Waals surface area contributed by atoms with Gasteiger partial charge in [0, 0.05) is 37.7 Å². The number of nitrogens with one attached hydrogen (secondary N) is 1. The summed E-state index contributed by atoms with van der Waals surface area (Å²) >= 11 is 5.90. The van der Waals surface area contributed by atoms with Crippen LogP contribution >= 0.6 is 11.6 Å². The van der Waals surface area contributed by atoms with Gasteiger partial charge in [-0.05, 0) is 18.2 Å². The molecule has 0 saturated carbocycles. The van der Waals surface area contributed by atoms with Gasteiger partial charge in [-0.1, -0.05) is 11.6 Å². The predicted octanol–water partition coefficient (Wildman–Crippen LogP) is 0.760. The predicted molar refractivity (Wildman–Crippen MR) is 84.8 cm³/mol. The zero-order chi connectivity index (χ0) is 15.9. The highest BCUT2D eigenvalue weighted by Gasteiger charge is 2.19. The Kier molecular flexibility index (Phi) is 6.16. The van der Waals surface area contributed by atoms with Crippen LogP contribution in [0.15, 0.2) is 18.2 Å². The van der Waals surface area contributed by atoms with Crippen LogP contribution in [0.2, 0.25) is 5.02 Å². The molecule has 0 radical (unpaired) electrons. The molecule has 1 saturated heterocycles. The van der Waals surface area contributed by atoms with E-state index in [1.54, 1.807) is 18.2 Å². The summed E-state index contributed by atoms with van der Waals surface area (Å²) in [6.45, 7) is 4.37. The van der Waals surface area contributed by atoms with Gasteiger partial charge in [-0.2, -0.15) is 5.26 Å². The average molecular weight is 323 g/mol. The number of rotatable bonds is 5. The number of amides is 1. The molecule has 0 atom stereocenters. The number of carbonyl (C=O) groups is 1. The van der Waals surface area contributed by atoms with E-state index >= 15 is 0 Å². The maximum atomic E-state index is 12.1. The van der Waals surface area contributed by atoms with Crippen LogP contribution in [0.5, 0.6) is 0 Å².